The van der Waals surface area contributed by atoms with Gasteiger partial charge in [-0.25, -0.2) is 0 Å². The van der Waals surface area contributed by atoms with Crippen LogP contribution in [0.5, 0.6) is 0 Å². The molecule has 0 heterocycles. The lowest BCUT2D eigenvalue weighted by atomic mass is 10.1. The Morgan fingerprint density at radius 1 is 1.55 bits per heavy atom. The van der Waals surface area contributed by atoms with Crippen LogP contribution in [0.4, 0.5) is 0 Å². The molecule has 0 unspecified atom stereocenters. The molecule has 0 saturated heterocycles. The molecule has 0 bridgehead atoms. The van der Waals surface area contributed by atoms with Crippen molar-refractivity contribution in [3.8, 4) is 0 Å². The maximum Gasteiger partial charge on any atom is 0.306 e. The van der Waals surface area contributed by atoms with Crippen LogP contribution in [-0.4, -0.2) is 11.1 Å². The fourth-order valence-corrected chi connectivity index (χ4v) is 1.69. The SMILES string of the molecule is C/C=C\[C@H]1CC[C@@H](C(=O)O)C1. The van der Waals surface area contributed by atoms with Crippen LogP contribution < -0.4 is 0 Å². The maximum absolute atomic E-state index is 10.5. The molecule has 1 rings (SSSR count). The summed E-state index contributed by atoms with van der Waals surface area (Å²) in [6.45, 7) is 1.98. The van der Waals surface area contributed by atoms with Crippen LogP contribution >= 0.6 is 0 Å². The van der Waals surface area contributed by atoms with E-state index in [0.717, 1.165) is 19.3 Å². The molecule has 0 spiro atoms. The number of carboxylic acid groups (broad SMARTS) is 1. The molecule has 0 radical (unpaired) electrons. The molecule has 1 aliphatic carbocycles. The lowest BCUT2D eigenvalue weighted by Crippen LogP contribution is -2.08. The van der Waals surface area contributed by atoms with Crippen molar-refractivity contribution in [3.05, 3.63) is 12.2 Å². The zero-order chi connectivity index (χ0) is 8.27. The second kappa shape index (κ2) is 3.56. The normalized spacial score (nSPS) is 31.4. The molecule has 2 heteroatoms. The molecule has 0 amide bonds. The zero-order valence-corrected chi connectivity index (χ0v) is 6.79. The minimum absolute atomic E-state index is 0.0869. The van der Waals surface area contributed by atoms with Crippen LogP contribution in [0.2, 0.25) is 0 Å². The molecule has 1 fully saturated rings. The summed E-state index contributed by atoms with van der Waals surface area (Å²) < 4.78 is 0. The van der Waals surface area contributed by atoms with E-state index in [-0.39, 0.29) is 5.92 Å². The van der Waals surface area contributed by atoms with Crippen molar-refractivity contribution >= 4 is 5.97 Å². The summed E-state index contributed by atoms with van der Waals surface area (Å²) in [6, 6.07) is 0. The second-order valence-electron chi connectivity index (χ2n) is 3.13. The summed E-state index contributed by atoms with van der Waals surface area (Å²) >= 11 is 0. The van der Waals surface area contributed by atoms with Gasteiger partial charge in [-0.1, -0.05) is 12.2 Å². The molecule has 11 heavy (non-hydrogen) atoms. The molecule has 62 valence electrons. The van der Waals surface area contributed by atoms with Gasteiger partial charge >= 0.3 is 5.97 Å². The first-order valence-electron chi connectivity index (χ1n) is 4.09. The van der Waals surface area contributed by atoms with Gasteiger partial charge in [0, 0.05) is 0 Å². The van der Waals surface area contributed by atoms with Crippen LogP contribution in [0.3, 0.4) is 0 Å². The van der Waals surface area contributed by atoms with E-state index in [1.165, 1.54) is 0 Å². The zero-order valence-electron chi connectivity index (χ0n) is 6.79. The van der Waals surface area contributed by atoms with Gasteiger partial charge in [0.1, 0.15) is 0 Å². The molecule has 1 saturated carbocycles. The average molecular weight is 154 g/mol. The highest BCUT2D eigenvalue weighted by Crippen LogP contribution is 2.31. The summed E-state index contributed by atoms with van der Waals surface area (Å²) in [7, 11) is 0. The monoisotopic (exact) mass is 154 g/mol. The molecule has 0 aromatic carbocycles. The Hall–Kier alpha value is -0.790. The average Bonchev–Trinajstić information content (AvgIpc) is 2.37. The predicted octanol–water partition coefficient (Wildman–Crippen LogP) is 2.06. The summed E-state index contributed by atoms with van der Waals surface area (Å²) in [5, 5.41) is 8.68. The molecule has 1 N–H and O–H groups in total. The number of carbonyl (C=O) groups is 1. The van der Waals surface area contributed by atoms with Gasteiger partial charge in [-0.05, 0) is 32.1 Å². The largest absolute Gasteiger partial charge is 0.481 e. The van der Waals surface area contributed by atoms with E-state index in [0.29, 0.717) is 5.92 Å². The first-order chi connectivity index (χ1) is 5.24. The van der Waals surface area contributed by atoms with E-state index in [9.17, 15) is 4.79 Å². The minimum Gasteiger partial charge on any atom is -0.481 e. The van der Waals surface area contributed by atoms with E-state index in [1.807, 2.05) is 13.0 Å². The lowest BCUT2D eigenvalue weighted by molar-refractivity contribution is -0.141. The quantitative estimate of drug-likeness (QED) is 0.618. The lowest BCUT2D eigenvalue weighted by Gasteiger charge is -2.01. The van der Waals surface area contributed by atoms with Crippen LogP contribution in [-0.2, 0) is 4.79 Å². The van der Waals surface area contributed by atoms with Gasteiger partial charge in [0.25, 0.3) is 0 Å². The maximum atomic E-state index is 10.5. The van der Waals surface area contributed by atoms with Gasteiger partial charge in [0.15, 0.2) is 0 Å². The number of hydrogen-bond donors (Lipinski definition) is 1. The molecule has 1 aliphatic rings. The molecular weight excluding hydrogens is 140 g/mol. The Bertz CT molecular complexity index is 172. The topological polar surface area (TPSA) is 37.3 Å². The molecule has 0 aromatic rings. The third-order valence-electron chi connectivity index (χ3n) is 2.29. The molecule has 2 nitrogen and oxygen atoms in total. The van der Waals surface area contributed by atoms with Gasteiger partial charge in [0.2, 0.25) is 0 Å². The minimum atomic E-state index is -0.628. The van der Waals surface area contributed by atoms with Gasteiger partial charge in [0.05, 0.1) is 5.92 Å². The van der Waals surface area contributed by atoms with Crippen molar-refractivity contribution < 1.29 is 9.90 Å². The van der Waals surface area contributed by atoms with Gasteiger partial charge in [-0.15, -0.1) is 0 Å². The van der Waals surface area contributed by atoms with Crippen LogP contribution in [0.15, 0.2) is 12.2 Å². The smallest absolute Gasteiger partial charge is 0.306 e. The Kier molecular flexibility index (Phi) is 2.69. The third kappa shape index (κ3) is 2.07. The van der Waals surface area contributed by atoms with E-state index in [1.54, 1.807) is 0 Å². The number of hydrogen-bond acceptors (Lipinski definition) is 1. The van der Waals surface area contributed by atoms with Crippen molar-refractivity contribution in [2.75, 3.05) is 0 Å². The number of carboxylic acids is 1. The standard InChI is InChI=1S/C9H14O2/c1-2-3-7-4-5-8(6-7)9(10)11/h2-3,7-8H,4-6H2,1H3,(H,10,11)/b3-2-/t7-,8+/m0/s1. The summed E-state index contributed by atoms with van der Waals surface area (Å²) in [6.07, 6.45) is 6.85. The summed E-state index contributed by atoms with van der Waals surface area (Å²) in [5.41, 5.74) is 0. The van der Waals surface area contributed by atoms with Crippen LogP contribution in [0, 0.1) is 11.8 Å². The molecule has 2 atom stereocenters. The van der Waals surface area contributed by atoms with Crippen molar-refractivity contribution in [1.29, 1.82) is 0 Å². The van der Waals surface area contributed by atoms with Crippen LogP contribution in [0.1, 0.15) is 26.2 Å². The highest BCUT2D eigenvalue weighted by Gasteiger charge is 2.27. The van der Waals surface area contributed by atoms with Crippen molar-refractivity contribution in [2.45, 2.75) is 26.2 Å². The van der Waals surface area contributed by atoms with E-state index >= 15 is 0 Å². The Morgan fingerprint density at radius 3 is 2.73 bits per heavy atom. The Labute approximate surface area is 66.9 Å². The second-order valence-corrected chi connectivity index (χ2v) is 3.13. The summed E-state index contributed by atoms with van der Waals surface area (Å²) in [4.78, 5) is 10.5. The van der Waals surface area contributed by atoms with E-state index < -0.39 is 5.97 Å². The predicted molar refractivity (Wildman–Crippen MR) is 43.3 cm³/mol. The van der Waals surface area contributed by atoms with Gasteiger partial charge in [-0.3, -0.25) is 4.79 Å². The number of aliphatic carboxylic acids is 1. The molecule has 0 aliphatic heterocycles. The fourth-order valence-electron chi connectivity index (χ4n) is 1.69. The first-order valence-corrected chi connectivity index (χ1v) is 4.09. The third-order valence-corrected chi connectivity index (χ3v) is 2.29. The van der Waals surface area contributed by atoms with Crippen molar-refractivity contribution in [1.82, 2.24) is 0 Å². The van der Waals surface area contributed by atoms with Crippen molar-refractivity contribution in [3.63, 3.8) is 0 Å². The fraction of sp³-hybridized carbons (Fsp3) is 0.667. The summed E-state index contributed by atoms with van der Waals surface area (Å²) in [5.74, 6) is -0.200. The first kappa shape index (κ1) is 8.31. The Balaban J connectivity index is 2.40. The highest BCUT2D eigenvalue weighted by molar-refractivity contribution is 5.70. The van der Waals surface area contributed by atoms with Gasteiger partial charge in [-0.2, -0.15) is 0 Å². The van der Waals surface area contributed by atoms with E-state index in [4.69, 9.17) is 5.11 Å². The molecular formula is C9H14O2. The molecule has 0 aromatic heterocycles. The number of rotatable bonds is 2. The highest BCUT2D eigenvalue weighted by atomic mass is 16.4. The van der Waals surface area contributed by atoms with Crippen LogP contribution in [0.25, 0.3) is 0 Å². The van der Waals surface area contributed by atoms with Gasteiger partial charge < -0.3 is 5.11 Å². The Morgan fingerprint density at radius 2 is 2.27 bits per heavy atom. The van der Waals surface area contributed by atoms with E-state index in [2.05, 4.69) is 6.08 Å². The van der Waals surface area contributed by atoms with Crippen molar-refractivity contribution in [2.24, 2.45) is 11.8 Å². The number of allylic oxidation sites excluding steroid dienone is 2.